The largest absolute Gasteiger partial charge is 0.496 e. The van der Waals surface area contributed by atoms with Crippen LogP contribution >= 0.6 is 0 Å². The lowest BCUT2D eigenvalue weighted by atomic mass is 10.2. The van der Waals surface area contributed by atoms with Crippen LogP contribution in [0.3, 0.4) is 0 Å². The van der Waals surface area contributed by atoms with Crippen molar-refractivity contribution in [2.75, 3.05) is 7.11 Å². The summed E-state index contributed by atoms with van der Waals surface area (Å²) in [5, 5.41) is 3.93. The quantitative estimate of drug-likeness (QED) is 0.703. The molecule has 3 rings (SSSR count). The maximum Gasteiger partial charge on any atom is 0.293 e. The van der Waals surface area contributed by atoms with Crippen molar-refractivity contribution >= 4 is 10.0 Å². The molecule has 3 aromatic rings. The van der Waals surface area contributed by atoms with E-state index in [1.54, 1.807) is 40.0 Å². The van der Waals surface area contributed by atoms with E-state index in [4.69, 9.17) is 13.7 Å². The maximum absolute atomic E-state index is 12.4. The molecule has 0 spiro atoms. The monoisotopic (exact) mass is 377 g/mol. The van der Waals surface area contributed by atoms with Gasteiger partial charge in [0.15, 0.2) is 5.76 Å². The number of rotatable bonds is 6. The highest BCUT2D eigenvalue weighted by molar-refractivity contribution is 7.89. The highest BCUT2D eigenvalue weighted by Crippen LogP contribution is 2.31. The summed E-state index contributed by atoms with van der Waals surface area (Å²) in [5.41, 5.74) is 0.655. The van der Waals surface area contributed by atoms with Gasteiger partial charge in [-0.25, -0.2) is 13.1 Å². The summed E-state index contributed by atoms with van der Waals surface area (Å²) in [4.78, 5) is 4.33. The molecule has 0 fully saturated rings. The minimum atomic E-state index is -3.69. The molecule has 138 valence electrons. The first kappa shape index (κ1) is 18.2. The molecule has 0 atom stereocenters. The van der Waals surface area contributed by atoms with Crippen molar-refractivity contribution in [3.63, 3.8) is 0 Å². The molecule has 1 N–H and O–H groups in total. The Bertz CT molecular complexity index is 1020. The van der Waals surface area contributed by atoms with Gasteiger partial charge in [-0.05, 0) is 32.9 Å². The predicted octanol–water partition coefficient (Wildman–Crippen LogP) is 3.00. The molecular formula is C17H19N3O5S. The van der Waals surface area contributed by atoms with Gasteiger partial charge in [-0.3, -0.25) is 0 Å². The third-order valence-electron chi connectivity index (χ3n) is 3.54. The number of para-hydroxylation sites is 1. The molecule has 2 heterocycles. The van der Waals surface area contributed by atoms with Gasteiger partial charge in [-0.1, -0.05) is 17.3 Å². The summed E-state index contributed by atoms with van der Waals surface area (Å²) >= 11 is 0. The number of nitrogens with one attached hydrogen (secondary N) is 1. The van der Waals surface area contributed by atoms with E-state index in [-0.39, 0.29) is 28.3 Å². The number of aromatic nitrogens is 2. The van der Waals surface area contributed by atoms with Gasteiger partial charge in [-0.15, -0.1) is 0 Å². The number of hydrogen-bond donors (Lipinski definition) is 1. The molecule has 0 radical (unpaired) electrons. The number of methoxy groups -OCH3 is 1. The maximum atomic E-state index is 12.4. The summed E-state index contributed by atoms with van der Waals surface area (Å²) in [5.74, 6) is 1.42. The molecule has 9 heteroatoms. The van der Waals surface area contributed by atoms with Crippen LogP contribution in [0.15, 0.2) is 44.2 Å². The Balaban J connectivity index is 1.97. The second kappa shape index (κ2) is 6.93. The Labute approximate surface area is 151 Å². The summed E-state index contributed by atoms with van der Waals surface area (Å²) in [6, 6.07) is 8.37. The SMILES string of the molecule is COc1ccccc1-c1noc(-c2cc(S(=O)(=O)NC(C)C)c(C)o2)n1. The lowest BCUT2D eigenvalue weighted by Gasteiger charge is -2.07. The Morgan fingerprint density at radius 1 is 1.23 bits per heavy atom. The fraction of sp³-hybridized carbons (Fsp3) is 0.294. The standard InChI is InChI=1S/C17H19N3O5S/c1-10(2)20-26(21,22)15-9-14(24-11(15)3)17-18-16(19-25-17)12-7-5-6-8-13(12)23-4/h5-10,20H,1-4H3. The molecule has 2 aromatic heterocycles. The van der Waals surface area contributed by atoms with Crippen LogP contribution in [0, 0.1) is 6.92 Å². The van der Waals surface area contributed by atoms with Gasteiger partial charge >= 0.3 is 0 Å². The smallest absolute Gasteiger partial charge is 0.293 e. The van der Waals surface area contributed by atoms with Crippen molar-refractivity contribution in [2.45, 2.75) is 31.7 Å². The Morgan fingerprint density at radius 3 is 2.65 bits per heavy atom. The molecular weight excluding hydrogens is 358 g/mol. The Kier molecular flexibility index (Phi) is 4.84. The Hall–Kier alpha value is -2.65. The fourth-order valence-electron chi connectivity index (χ4n) is 2.47. The number of ether oxygens (including phenoxy) is 1. The van der Waals surface area contributed by atoms with Crippen LogP contribution in [0.25, 0.3) is 23.0 Å². The van der Waals surface area contributed by atoms with Gasteiger partial charge in [0.05, 0.1) is 12.7 Å². The van der Waals surface area contributed by atoms with Crippen LogP contribution in [0.4, 0.5) is 0 Å². The minimum Gasteiger partial charge on any atom is -0.496 e. The summed E-state index contributed by atoms with van der Waals surface area (Å²) in [6.07, 6.45) is 0. The van der Waals surface area contributed by atoms with Gasteiger partial charge in [0.1, 0.15) is 16.4 Å². The predicted molar refractivity (Wildman–Crippen MR) is 94.2 cm³/mol. The molecule has 0 saturated heterocycles. The second-order valence-electron chi connectivity index (χ2n) is 5.93. The zero-order valence-electron chi connectivity index (χ0n) is 14.8. The number of sulfonamides is 1. The van der Waals surface area contributed by atoms with Crippen molar-refractivity contribution in [1.82, 2.24) is 14.9 Å². The molecule has 0 saturated carbocycles. The van der Waals surface area contributed by atoms with Crippen molar-refractivity contribution in [3.8, 4) is 28.8 Å². The Morgan fingerprint density at radius 2 is 1.96 bits per heavy atom. The minimum absolute atomic E-state index is 0.0400. The molecule has 26 heavy (non-hydrogen) atoms. The summed E-state index contributed by atoms with van der Waals surface area (Å²) in [6.45, 7) is 5.05. The van der Waals surface area contributed by atoms with Crippen LogP contribution in [-0.2, 0) is 10.0 Å². The van der Waals surface area contributed by atoms with E-state index >= 15 is 0 Å². The van der Waals surface area contributed by atoms with Crippen LogP contribution in [0.2, 0.25) is 0 Å². The molecule has 0 bridgehead atoms. The van der Waals surface area contributed by atoms with Gasteiger partial charge in [0.2, 0.25) is 15.8 Å². The number of nitrogens with zero attached hydrogens (tertiary/aromatic N) is 2. The first-order chi connectivity index (χ1) is 12.3. The van der Waals surface area contributed by atoms with Crippen molar-refractivity contribution in [3.05, 3.63) is 36.1 Å². The zero-order valence-corrected chi connectivity index (χ0v) is 15.6. The van der Waals surface area contributed by atoms with Crippen molar-refractivity contribution in [1.29, 1.82) is 0 Å². The van der Waals surface area contributed by atoms with E-state index in [1.165, 1.54) is 6.07 Å². The number of hydrogen-bond acceptors (Lipinski definition) is 7. The van der Waals surface area contributed by atoms with Gasteiger partial charge in [-0.2, -0.15) is 4.98 Å². The highest BCUT2D eigenvalue weighted by Gasteiger charge is 2.25. The van der Waals surface area contributed by atoms with E-state index in [0.29, 0.717) is 17.1 Å². The van der Waals surface area contributed by atoms with E-state index in [0.717, 1.165) is 0 Å². The lowest BCUT2D eigenvalue weighted by molar-refractivity contribution is 0.408. The van der Waals surface area contributed by atoms with E-state index in [9.17, 15) is 8.42 Å². The fourth-order valence-corrected chi connectivity index (χ4v) is 3.90. The summed E-state index contributed by atoms with van der Waals surface area (Å²) < 4.78 is 43.3. The molecule has 0 unspecified atom stereocenters. The third-order valence-corrected chi connectivity index (χ3v) is 5.30. The first-order valence-electron chi connectivity index (χ1n) is 7.92. The lowest BCUT2D eigenvalue weighted by Crippen LogP contribution is -2.30. The average molecular weight is 377 g/mol. The third kappa shape index (κ3) is 3.49. The number of benzene rings is 1. The van der Waals surface area contributed by atoms with Crippen molar-refractivity contribution in [2.24, 2.45) is 0 Å². The topological polar surface area (TPSA) is 107 Å². The first-order valence-corrected chi connectivity index (χ1v) is 9.40. The number of aryl methyl sites for hydroxylation is 1. The number of furan rings is 1. The van der Waals surface area contributed by atoms with Crippen LogP contribution < -0.4 is 9.46 Å². The average Bonchev–Trinajstić information content (AvgIpc) is 3.20. The normalized spacial score (nSPS) is 11.9. The summed E-state index contributed by atoms with van der Waals surface area (Å²) in [7, 11) is -2.14. The molecule has 1 aromatic carbocycles. The molecule has 0 amide bonds. The van der Waals surface area contributed by atoms with E-state index in [1.807, 2.05) is 12.1 Å². The van der Waals surface area contributed by atoms with Crippen LogP contribution in [0.5, 0.6) is 5.75 Å². The highest BCUT2D eigenvalue weighted by atomic mass is 32.2. The molecule has 8 nitrogen and oxygen atoms in total. The molecule has 0 aliphatic carbocycles. The van der Waals surface area contributed by atoms with E-state index < -0.39 is 10.0 Å². The second-order valence-corrected chi connectivity index (χ2v) is 7.61. The van der Waals surface area contributed by atoms with Gasteiger partial charge in [0.25, 0.3) is 5.89 Å². The molecule has 0 aliphatic rings. The zero-order chi connectivity index (χ0) is 18.9. The van der Waals surface area contributed by atoms with Crippen LogP contribution in [-0.4, -0.2) is 31.7 Å². The van der Waals surface area contributed by atoms with Crippen molar-refractivity contribution < 1.29 is 22.1 Å². The molecule has 0 aliphatic heterocycles. The van der Waals surface area contributed by atoms with E-state index in [2.05, 4.69) is 14.9 Å². The van der Waals surface area contributed by atoms with Crippen LogP contribution in [0.1, 0.15) is 19.6 Å². The van der Waals surface area contributed by atoms with Gasteiger partial charge < -0.3 is 13.7 Å². The van der Waals surface area contributed by atoms with Gasteiger partial charge in [0, 0.05) is 12.1 Å².